The molecule has 3 unspecified atom stereocenters. The zero-order valence-electron chi connectivity index (χ0n) is 28.7. The van der Waals surface area contributed by atoms with Crippen LogP contribution in [0.15, 0.2) is 91.6 Å². The lowest BCUT2D eigenvalue weighted by Gasteiger charge is -2.22. The number of rotatable bonds is 19. The van der Waals surface area contributed by atoms with Crippen LogP contribution >= 0.6 is 11.6 Å². The van der Waals surface area contributed by atoms with E-state index in [1.54, 1.807) is 36.5 Å². The Bertz CT molecular complexity index is 1750. The van der Waals surface area contributed by atoms with Crippen LogP contribution in [0.1, 0.15) is 36.3 Å². The van der Waals surface area contributed by atoms with Gasteiger partial charge in [0.1, 0.15) is 12.6 Å². The Labute approximate surface area is 301 Å². The van der Waals surface area contributed by atoms with Crippen molar-refractivity contribution < 1.29 is 38.4 Å². The first kappa shape index (κ1) is 38.7. The Kier molecular flexibility index (Phi) is 14.7. The number of carbonyl (C=O) groups excluding carboxylic acids is 3. The van der Waals surface area contributed by atoms with E-state index >= 15 is 0 Å². The summed E-state index contributed by atoms with van der Waals surface area (Å²) in [6.07, 6.45) is 1.50. The molecule has 0 saturated heterocycles. The molecular formula is C37H42ClN5O8. The number of aromatic nitrogens is 3. The molecule has 0 aliphatic rings. The van der Waals surface area contributed by atoms with Crippen LogP contribution in [0.5, 0.6) is 5.88 Å². The summed E-state index contributed by atoms with van der Waals surface area (Å²) in [5.74, 6) is -1.67. The van der Waals surface area contributed by atoms with E-state index in [4.69, 9.17) is 30.5 Å². The van der Waals surface area contributed by atoms with Gasteiger partial charge in [0.15, 0.2) is 17.6 Å². The second-order valence-electron chi connectivity index (χ2n) is 11.8. The molecule has 0 fully saturated rings. The smallest absolute Gasteiger partial charge is 0.337 e. The standard InChI is InChI=1S/C37H42ClN5O8/c1-5-17-49-33-21-30(42-43(33)32-11-6-7-16-39-32)35(45)41-29(18-25-12-14-26(15-13-25)27-9-8-10-28(38)19-27)20-31(44)36(46)50-23-51-37(47)34(24(2)3)40-22-48-4/h5-16,19,21,24,29,31,34,40,44H,1,17-18,20,22-23H2,2-4H3,(H,41,45). The van der Waals surface area contributed by atoms with E-state index in [1.165, 1.54) is 17.9 Å². The van der Waals surface area contributed by atoms with Gasteiger partial charge >= 0.3 is 11.9 Å². The molecule has 2 heterocycles. The molecule has 0 spiro atoms. The monoisotopic (exact) mass is 719 g/mol. The highest BCUT2D eigenvalue weighted by Gasteiger charge is 2.27. The molecule has 0 aliphatic heterocycles. The third-order valence-corrected chi connectivity index (χ3v) is 7.84. The predicted octanol–water partition coefficient (Wildman–Crippen LogP) is 4.51. The summed E-state index contributed by atoms with van der Waals surface area (Å²) in [6, 6.07) is 20.3. The summed E-state index contributed by atoms with van der Waals surface area (Å²) in [5, 5.41) is 21.7. The molecule has 2 aromatic carbocycles. The van der Waals surface area contributed by atoms with Gasteiger partial charge in [-0.15, -0.1) is 0 Å². The van der Waals surface area contributed by atoms with Crippen LogP contribution in [-0.4, -0.2) is 83.1 Å². The molecule has 4 rings (SSSR count). The second kappa shape index (κ2) is 19.3. The van der Waals surface area contributed by atoms with Gasteiger partial charge < -0.3 is 29.4 Å². The van der Waals surface area contributed by atoms with E-state index in [-0.39, 0.29) is 43.7 Å². The summed E-state index contributed by atoms with van der Waals surface area (Å²) in [4.78, 5) is 43.2. The highest BCUT2D eigenvalue weighted by atomic mass is 35.5. The van der Waals surface area contributed by atoms with Gasteiger partial charge in [0.2, 0.25) is 12.7 Å². The van der Waals surface area contributed by atoms with E-state index in [0.29, 0.717) is 10.8 Å². The molecular weight excluding hydrogens is 678 g/mol. The first-order chi connectivity index (χ1) is 24.6. The number of aliphatic hydroxyl groups excluding tert-OH is 1. The van der Waals surface area contributed by atoms with Crippen LogP contribution in [0.25, 0.3) is 16.9 Å². The minimum atomic E-state index is -1.66. The SMILES string of the molecule is C=CCOc1cc(C(=O)NC(Cc2ccc(-c3cccc(Cl)c3)cc2)CC(O)C(=O)OCOC(=O)C(NCOC)C(C)C)nn1-c1ccccn1. The fraction of sp³-hybridized carbons (Fsp3) is 0.324. The first-order valence-electron chi connectivity index (χ1n) is 16.2. The number of methoxy groups -OCH3 is 1. The van der Waals surface area contributed by atoms with E-state index in [9.17, 15) is 19.5 Å². The molecule has 13 nitrogen and oxygen atoms in total. The second-order valence-corrected chi connectivity index (χ2v) is 12.2. The normalized spacial score (nSPS) is 12.8. The number of esters is 2. The van der Waals surface area contributed by atoms with Crippen LogP contribution in [0.2, 0.25) is 5.02 Å². The van der Waals surface area contributed by atoms with E-state index in [2.05, 4.69) is 27.3 Å². The van der Waals surface area contributed by atoms with Crippen LogP contribution in [0.4, 0.5) is 0 Å². The van der Waals surface area contributed by atoms with Gasteiger partial charge in [-0.25, -0.2) is 9.78 Å². The fourth-order valence-corrected chi connectivity index (χ4v) is 5.26. The molecule has 0 saturated carbocycles. The number of ether oxygens (including phenoxy) is 4. The Balaban J connectivity index is 1.49. The lowest BCUT2D eigenvalue weighted by molar-refractivity contribution is -0.175. The van der Waals surface area contributed by atoms with Crippen molar-refractivity contribution in [1.29, 1.82) is 0 Å². The first-order valence-corrected chi connectivity index (χ1v) is 16.6. The topological polar surface area (TPSA) is 163 Å². The maximum atomic E-state index is 13.6. The number of benzene rings is 2. The molecule has 14 heteroatoms. The zero-order chi connectivity index (χ0) is 36.8. The third kappa shape index (κ3) is 11.5. The minimum absolute atomic E-state index is 0.0202. The van der Waals surface area contributed by atoms with Crippen LogP contribution in [0, 0.1) is 5.92 Å². The summed E-state index contributed by atoms with van der Waals surface area (Å²) in [5.41, 5.74) is 2.71. The number of carbonyl (C=O) groups is 3. The zero-order valence-corrected chi connectivity index (χ0v) is 29.4. The summed E-state index contributed by atoms with van der Waals surface area (Å²) >= 11 is 6.17. The summed E-state index contributed by atoms with van der Waals surface area (Å²) < 4.78 is 22.3. The maximum absolute atomic E-state index is 13.6. The van der Waals surface area contributed by atoms with Crippen molar-refractivity contribution in [2.45, 2.75) is 44.9 Å². The number of nitrogens with one attached hydrogen (secondary N) is 2. The average molecular weight is 720 g/mol. The van der Waals surface area contributed by atoms with Gasteiger partial charge in [0, 0.05) is 36.9 Å². The van der Waals surface area contributed by atoms with E-state index in [0.717, 1.165) is 16.7 Å². The third-order valence-electron chi connectivity index (χ3n) is 7.60. The lowest BCUT2D eigenvalue weighted by atomic mass is 9.97. The van der Waals surface area contributed by atoms with Gasteiger partial charge in [0.25, 0.3) is 5.91 Å². The van der Waals surface area contributed by atoms with Crippen molar-refractivity contribution in [1.82, 2.24) is 25.4 Å². The molecule has 3 N–H and O–H groups in total. The molecule has 1 amide bonds. The van der Waals surface area contributed by atoms with Crippen molar-refractivity contribution in [3.63, 3.8) is 0 Å². The summed E-state index contributed by atoms with van der Waals surface area (Å²) in [6.45, 7) is 6.90. The van der Waals surface area contributed by atoms with Crippen molar-refractivity contribution in [3.05, 3.63) is 108 Å². The quantitative estimate of drug-likeness (QED) is 0.0710. The molecule has 3 atom stereocenters. The number of aliphatic hydroxyl groups is 1. The Morgan fingerprint density at radius 3 is 2.43 bits per heavy atom. The number of hydrogen-bond donors (Lipinski definition) is 3. The fourth-order valence-electron chi connectivity index (χ4n) is 5.07. The van der Waals surface area contributed by atoms with E-state index < -0.39 is 42.8 Å². The van der Waals surface area contributed by atoms with Crippen molar-refractivity contribution in [3.8, 4) is 22.8 Å². The molecule has 0 aliphatic carbocycles. The summed E-state index contributed by atoms with van der Waals surface area (Å²) in [7, 11) is 1.48. The maximum Gasteiger partial charge on any atom is 0.337 e. The van der Waals surface area contributed by atoms with Gasteiger partial charge in [-0.3, -0.25) is 14.9 Å². The Morgan fingerprint density at radius 1 is 1.00 bits per heavy atom. The minimum Gasteiger partial charge on any atom is -0.473 e. The van der Waals surface area contributed by atoms with Crippen LogP contribution in [-0.2, 0) is 30.2 Å². The van der Waals surface area contributed by atoms with Crippen LogP contribution < -0.4 is 15.4 Å². The predicted molar refractivity (Wildman–Crippen MR) is 190 cm³/mol. The Morgan fingerprint density at radius 2 is 1.76 bits per heavy atom. The van der Waals surface area contributed by atoms with Crippen molar-refractivity contribution >= 4 is 29.4 Å². The van der Waals surface area contributed by atoms with Gasteiger partial charge in [-0.05, 0) is 53.3 Å². The lowest BCUT2D eigenvalue weighted by Crippen LogP contribution is -2.43. The van der Waals surface area contributed by atoms with Gasteiger partial charge in [-0.1, -0.05) is 80.6 Å². The Hall–Kier alpha value is -5.08. The van der Waals surface area contributed by atoms with Crippen molar-refractivity contribution in [2.24, 2.45) is 5.92 Å². The van der Waals surface area contributed by atoms with Gasteiger partial charge in [-0.2, -0.15) is 9.78 Å². The number of pyridine rings is 1. The van der Waals surface area contributed by atoms with Gasteiger partial charge in [0.05, 0.1) is 6.73 Å². The highest BCUT2D eigenvalue weighted by molar-refractivity contribution is 6.30. The highest BCUT2D eigenvalue weighted by Crippen LogP contribution is 2.24. The molecule has 2 aromatic heterocycles. The molecule has 270 valence electrons. The molecule has 0 radical (unpaired) electrons. The number of amides is 1. The van der Waals surface area contributed by atoms with Crippen molar-refractivity contribution in [2.75, 3.05) is 27.2 Å². The number of nitrogens with zero attached hydrogens (tertiary/aromatic N) is 3. The van der Waals surface area contributed by atoms with Crippen LogP contribution in [0.3, 0.4) is 0 Å². The number of halogens is 1. The molecule has 4 aromatic rings. The van der Waals surface area contributed by atoms with E-state index in [1.807, 2.05) is 56.3 Å². The molecule has 51 heavy (non-hydrogen) atoms. The molecule has 0 bridgehead atoms. The average Bonchev–Trinajstić information content (AvgIpc) is 3.56. The number of hydrogen-bond acceptors (Lipinski definition) is 11. The largest absolute Gasteiger partial charge is 0.473 e.